The summed E-state index contributed by atoms with van der Waals surface area (Å²) in [6.07, 6.45) is 22.9. The van der Waals surface area contributed by atoms with E-state index in [0.29, 0.717) is 0 Å². The number of aryl methyl sites for hydroxylation is 5. The number of aromatic nitrogens is 8. The van der Waals surface area contributed by atoms with E-state index in [1.807, 2.05) is 146 Å². The molecule has 24 heteroatoms. The van der Waals surface area contributed by atoms with Crippen LogP contribution in [0.4, 0.5) is 0 Å². The van der Waals surface area contributed by atoms with Crippen molar-refractivity contribution in [1.82, 2.24) is 39.9 Å². The molecule has 0 saturated heterocycles. The Morgan fingerprint density at radius 2 is 0.720 bits per heavy atom. The van der Waals surface area contributed by atoms with E-state index >= 15 is 0 Å². The molecule has 2 N–H and O–H groups in total. The largest absolute Gasteiger partial charge is 0.255 e. The molecule has 0 saturated carbocycles. The summed E-state index contributed by atoms with van der Waals surface area (Å²) >= 11 is -2.53. The van der Waals surface area contributed by atoms with Crippen molar-refractivity contribution in [3.05, 3.63) is 243 Å². The van der Waals surface area contributed by atoms with E-state index in [0.717, 1.165) is 135 Å². The second-order valence-electron chi connectivity index (χ2n) is 16.1. The van der Waals surface area contributed by atoms with Gasteiger partial charge >= 0.3 is 63.1 Å². The molecular weight excluding hydrogens is 1200 g/mol. The Balaban J connectivity index is 0. The molecule has 429 valence electrons. The molecule has 0 fully saturated rings. The first-order chi connectivity index (χ1) is 38.7. The van der Waals surface area contributed by atoms with Crippen molar-refractivity contribution in [3.8, 4) is 34.2 Å². The molecule has 0 aliphatic carbocycles. The van der Waals surface area contributed by atoms with Crippen LogP contribution in [0.3, 0.4) is 0 Å². The number of rotatable bonds is 5. The zero-order valence-corrected chi connectivity index (χ0v) is 52.4. The predicted molar refractivity (Wildman–Crippen MR) is 307 cm³/mol. The van der Waals surface area contributed by atoms with Gasteiger partial charge in [0, 0.05) is 62.7 Å². The van der Waals surface area contributed by atoms with Crippen LogP contribution in [-0.4, -0.2) is 91.0 Å². The Kier molecular flexibility index (Phi) is 45.2. The molecule has 2 aliphatic heterocycles. The molecular formula is C58H64N10O9S2V3-2. The second kappa shape index (κ2) is 47.9. The maximum absolute atomic E-state index is 8.56. The number of nitrogens with zero attached hydrogens (tertiary/aromatic N) is 10. The zero-order chi connectivity index (χ0) is 59.5. The maximum atomic E-state index is 8.56. The first-order valence-electron chi connectivity index (χ1n) is 23.6. The van der Waals surface area contributed by atoms with Crippen LogP contribution < -0.4 is 0 Å². The van der Waals surface area contributed by atoms with Gasteiger partial charge in [0.05, 0.1) is 79.7 Å². The Labute approximate surface area is 514 Å². The van der Waals surface area contributed by atoms with E-state index in [4.69, 9.17) is 37.7 Å². The summed E-state index contributed by atoms with van der Waals surface area (Å²) in [5.74, 6) is 0. The monoisotopic (exact) mass is 1260 g/mol. The molecule has 82 heavy (non-hydrogen) atoms. The van der Waals surface area contributed by atoms with Gasteiger partial charge in [0.15, 0.2) is 0 Å². The molecule has 10 heterocycles. The SMILES string of the molecule is C1=CC(c2ccccn2)=NCC1.CC1=CC(c2cc(C)ccn2)=NCC1.Cc1ccnc(-c2cc(C)ccn2)c1.Cc1ccnc(-c2cc(C)ccn2)c1.O=S([O-])O.O=S([O-])O.[CH3-].[CH3-].[O]=[V+2].[O]=[V].[O]=[V].c1ccc(-c2ccccn2)nc1. The summed E-state index contributed by atoms with van der Waals surface area (Å²) in [4.78, 5) is 42.9. The van der Waals surface area contributed by atoms with Gasteiger partial charge in [-0.15, -0.1) is 0 Å². The van der Waals surface area contributed by atoms with E-state index in [1.165, 1.54) is 33.4 Å². The van der Waals surface area contributed by atoms with Gasteiger partial charge in [0.2, 0.25) is 0 Å². The Morgan fingerprint density at radius 3 is 1.00 bits per heavy atom. The summed E-state index contributed by atoms with van der Waals surface area (Å²) in [5.41, 5.74) is 17.0. The van der Waals surface area contributed by atoms with Crippen LogP contribution in [0, 0.1) is 49.5 Å². The third kappa shape index (κ3) is 34.6. The third-order valence-corrected chi connectivity index (χ3v) is 9.91. The minimum absolute atomic E-state index is 0. The van der Waals surface area contributed by atoms with Crippen LogP contribution in [0.15, 0.2) is 199 Å². The average molecular weight is 1260 g/mol. The summed E-state index contributed by atoms with van der Waals surface area (Å²) in [6.45, 7) is 14.2. The van der Waals surface area contributed by atoms with E-state index in [1.54, 1.807) is 18.6 Å². The van der Waals surface area contributed by atoms with Gasteiger partial charge in [0.1, 0.15) is 0 Å². The molecule has 0 radical (unpaired) electrons. The fourth-order valence-corrected chi connectivity index (χ4v) is 6.46. The quantitative estimate of drug-likeness (QED) is 0.119. The van der Waals surface area contributed by atoms with E-state index in [-0.39, 0.29) is 14.9 Å². The zero-order valence-electron chi connectivity index (χ0n) is 46.5. The topological polar surface area (TPSA) is 300 Å². The fraction of sp³-hybridized carbons (Fsp3) is 0.172. The summed E-state index contributed by atoms with van der Waals surface area (Å²) in [7, 11) is 0. The minimum atomic E-state index is -2.86. The minimum Gasteiger partial charge on any atom is -0.255 e. The first kappa shape index (κ1) is 77.4. The van der Waals surface area contributed by atoms with Gasteiger partial charge in [-0.2, -0.15) is 0 Å². The molecule has 2 unspecified atom stereocenters. The van der Waals surface area contributed by atoms with Crippen LogP contribution in [0.1, 0.15) is 59.0 Å². The molecule has 0 bridgehead atoms. The normalized spacial score (nSPS) is 11.6. The fourth-order valence-electron chi connectivity index (χ4n) is 6.46. The number of aliphatic imine (C=N–C) groups is 2. The van der Waals surface area contributed by atoms with Crippen molar-refractivity contribution in [2.75, 3.05) is 13.1 Å². The van der Waals surface area contributed by atoms with Crippen LogP contribution in [0.25, 0.3) is 34.2 Å². The second-order valence-corrected chi connectivity index (χ2v) is 17.0. The predicted octanol–water partition coefficient (Wildman–Crippen LogP) is 11.2. The van der Waals surface area contributed by atoms with Gasteiger partial charge in [-0.1, -0.05) is 29.8 Å². The molecule has 2 atom stereocenters. The number of hydrogen-bond donors (Lipinski definition) is 2. The molecule has 10 rings (SSSR count). The van der Waals surface area contributed by atoms with Crippen molar-refractivity contribution >= 4 is 34.1 Å². The number of pyridine rings is 8. The van der Waals surface area contributed by atoms with Crippen LogP contribution in [0.5, 0.6) is 0 Å². The number of hydrogen-bond acceptors (Lipinski definition) is 17. The maximum Gasteiger partial charge on any atom is 0.0886 e. The van der Waals surface area contributed by atoms with E-state index in [2.05, 4.69) is 110 Å². The van der Waals surface area contributed by atoms with Gasteiger partial charge in [-0.3, -0.25) is 49.9 Å². The molecule has 8 aromatic heterocycles. The molecule has 0 aromatic carbocycles. The Morgan fingerprint density at radius 1 is 0.427 bits per heavy atom. The Hall–Kier alpha value is -6.69. The van der Waals surface area contributed by atoms with Crippen molar-refractivity contribution in [3.63, 3.8) is 0 Å². The number of allylic oxidation sites excluding steroid dienone is 2. The van der Waals surface area contributed by atoms with Crippen molar-refractivity contribution in [2.45, 2.75) is 54.4 Å². The molecule has 0 amide bonds. The van der Waals surface area contributed by atoms with Crippen LogP contribution in [-0.2, 0) is 85.9 Å². The molecule has 19 nitrogen and oxygen atoms in total. The third-order valence-electron chi connectivity index (χ3n) is 9.91. The van der Waals surface area contributed by atoms with Crippen molar-refractivity contribution in [2.24, 2.45) is 9.98 Å². The van der Waals surface area contributed by atoms with Gasteiger partial charge in [-0.25, -0.2) is 8.42 Å². The number of dihydropyridines is 2. The smallest absolute Gasteiger partial charge is 0.0886 e. The summed E-state index contributed by atoms with van der Waals surface area (Å²) in [6, 6.07) is 37.7. The standard InChI is InChI=1S/C12H14N2.2C12H12N2.C10H10N2.C10H8N2.2CH3.2H2O3S.3O.3V/c3*1-9-3-5-13-11(7-9)12-8-10(2)4-6-14-12;2*1-3-7-11-9(5-1)10-6-2-4-8-12-10;;;2*1-4(2)3;;;;;;/h3,5,7-8H,4,6H2,1-2H3;2*3-8H,1-2H3;1-3,5-7H,4,8H2;1-8H;2*1H3;2*(H2,1,2,3);;;;;;/q;;;;;2*-1;;;;;;;;+2/p-2. The van der Waals surface area contributed by atoms with Gasteiger partial charge < -0.3 is 33.1 Å². The summed E-state index contributed by atoms with van der Waals surface area (Å²) < 4.78 is 72.7. The van der Waals surface area contributed by atoms with Crippen molar-refractivity contribution < 1.29 is 89.8 Å². The molecule has 2 aliphatic rings. The average Bonchev–Trinajstić information content (AvgIpc) is 3.50. The molecule has 8 aromatic rings. The summed E-state index contributed by atoms with van der Waals surface area (Å²) in [5, 5.41) is 0. The van der Waals surface area contributed by atoms with Gasteiger partial charge in [0.25, 0.3) is 0 Å². The van der Waals surface area contributed by atoms with E-state index in [9.17, 15) is 0 Å². The van der Waals surface area contributed by atoms with Crippen molar-refractivity contribution in [1.29, 1.82) is 0 Å². The first-order valence-corrected chi connectivity index (χ1v) is 27.4. The van der Waals surface area contributed by atoms with Crippen LogP contribution in [0.2, 0.25) is 0 Å². The van der Waals surface area contributed by atoms with E-state index < -0.39 is 22.7 Å². The van der Waals surface area contributed by atoms with Gasteiger partial charge in [-0.05, 0) is 191 Å². The molecule has 0 spiro atoms. The van der Waals surface area contributed by atoms with Crippen LogP contribution >= 0.6 is 0 Å². The Bertz CT molecular complexity index is 2980.